The molecule has 3 rings (SSSR count). The summed E-state index contributed by atoms with van der Waals surface area (Å²) in [6.07, 6.45) is 3.42. The smallest absolute Gasteiger partial charge is 0.255 e. The van der Waals surface area contributed by atoms with Crippen LogP contribution in [0.15, 0.2) is 35.3 Å². The van der Waals surface area contributed by atoms with E-state index in [1.54, 1.807) is 12.0 Å². The molecule has 0 radical (unpaired) electrons. The highest BCUT2D eigenvalue weighted by molar-refractivity contribution is 6.08. The molecule has 2 amide bonds. The third kappa shape index (κ3) is 4.21. The Morgan fingerprint density at radius 2 is 2.00 bits per heavy atom. The summed E-state index contributed by atoms with van der Waals surface area (Å²) in [6.45, 7) is 3.62. The molecule has 1 aliphatic carbocycles. The van der Waals surface area contributed by atoms with E-state index in [2.05, 4.69) is 5.32 Å². The van der Waals surface area contributed by atoms with Crippen LogP contribution in [0.2, 0.25) is 0 Å². The van der Waals surface area contributed by atoms with E-state index in [-0.39, 0.29) is 17.7 Å². The molecule has 1 saturated carbocycles. The van der Waals surface area contributed by atoms with Gasteiger partial charge in [-0.2, -0.15) is 0 Å². The Balaban J connectivity index is 1.57. The lowest BCUT2D eigenvalue weighted by molar-refractivity contribution is -0.135. The maximum atomic E-state index is 13.0. The largest absolute Gasteiger partial charge is 0.383 e. The average molecular weight is 371 g/mol. The summed E-state index contributed by atoms with van der Waals surface area (Å²) >= 11 is 0. The van der Waals surface area contributed by atoms with Crippen molar-refractivity contribution in [2.75, 3.05) is 20.3 Å². The Kier molecular flexibility index (Phi) is 6.26. The van der Waals surface area contributed by atoms with Crippen molar-refractivity contribution < 1.29 is 14.3 Å². The van der Waals surface area contributed by atoms with Gasteiger partial charge in [0.2, 0.25) is 5.91 Å². The molecule has 0 atom stereocenters. The van der Waals surface area contributed by atoms with Crippen LogP contribution in [0.5, 0.6) is 0 Å². The lowest BCUT2D eigenvalue weighted by Gasteiger charge is -2.33. The SMILES string of the molecule is CCC1=NC2(CCC(C(=O)NCc3ccccc3)CC2)C(=O)N1CCOC. The van der Waals surface area contributed by atoms with Crippen LogP contribution in [0.25, 0.3) is 0 Å². The summed E-state index contributed by atoms with van der Waals surface area (Å²) in [6, 6.07) is 9.91. The van der Waals surface area contributed by atoms with Gasteiger partial charge in [-0.25, -0.2) is 0 Å². The van der Waals surface area contributed by atoms with Gasteiger partial charge >= 0.3 is 0 Å². The van der Waals surface area contributed by atoms with E-state index < -0.39 is 5.54 Å². The Morgan fingerprint density at radius 3 is 2.63 bits per heavy atom. The molecule has 1 fully saturated rings. The topological polar surface area (TPSA) is 71.0 Å². The van der Waals surface area contributed by atoms with E-state index >= 15 is 0 Å². The number of carbonyl (C=O) groups excluding carboxylic acids is 2. The van der Waals surface area contributed by atoms with Crippen molar-refractivity contribution in [3.63, 3.8) is 0 Å². The van der Waals surface area contributed by atoms with E-state index in [9.17, 15) is 9.59 Å². The summed E-state index contributed by atoms with van der Waals surface area (Å²) in [5.74, 6) is 0.971. The van der Waals surface area contributed by atoms with Gasteiger partial charge in [0.15, 0.2) is 0 Å². The molecule has 1 aliphatic heterocycles. The molecule has 2 aliphatic rings. The molecule has 1 N–H and O–H groups in total. The van der Waals surface area contributed by atoms with Crippen LogP contribution < -0.4 is 5.32 Å². The van der Waals surface area contributed by atoms with E-state index in [1.807, 2.05) is 37.3 Å². The van der Waals surface area contributed by atoms with Gasteiger partial charge in [-0.05, 0) is 31.2 Å². The molecule has 1 spiro atoms. The predicted molar refractivity (Wildman–Crippen MR) is 104 cm³/mol. The fourth-order valence-electron chi connectivity index (χ4n) is 4.02. The highest BCUT2D eigenvalue weighted by Gasteiger charge is 2.49. The first-order valence-corrected chi connectivity index (χ1v) is 9.81. The fourth-order valence-corrected chi connectivity index (χ4v) is 4.02. The average Bonchev–Trinajstić information content (AvgIpc) is 2.97. The maximum absolute atomic E-state index is 13.0. The van der Waals surface area contributed by atoms with Crippen LogP contribution in [0.4, 0.5) is 0 Å². The molecule has 6 heteroatoms. The van der Waals surface area contributed by atoms with Gasteiger partial charge in [0, 0.05) is 26.0 Å². The van der Waals surface area contributed by atoms with Gasteiger partial charge < -0.3 is 10.1 Å². The Hall–Kier alpha value is -2.21. The van der Waals surface area contributed by atoms with Crippen molar-refractivity contribution in [3.8, 4) is 0 Å². The number of methoxy groups -OCH3 is 1. The molecule has 1 heterocycles. The van der Waals surface area contributed by atoms with Crippen LogP contribution >= 0.6 is 0 Å². The molecule has 27 heavy (non-hydrogen) atoms. The molecule has 0 unspecified atom stereocenters. The van der Waals surface area contributed by atoms with E-state index in [0.29, 0.717) is 45.4 Å². The van der Waals surface area contributed by atoms with Crippen molar-refractivity contribution in [2.24, 2.45) is 10.9 Å². The number of amides is 2. The zero-order chi connectivity index (χ0) is 19.3. The number of aliphatic imine (C=N–C) groups is 1. The predicted octanol–water partition coefficient (Wildman–Crippen LogP) is 2.53. The molecular weight excluding hydrogens is 342 g/mol. The first-order chi connectivity index (χ1) is 13.1. The molecule has 0 aromatic heterocycles. The number of nitrogens with zero attached hydrogens (tertiary/aromatic N) is 2. The monoisotopic (exact) mass is 371 g/mol. The second-order valence-corrected chi connectivity index (χ2v) is 7.34. The number of nitrogens with one attached hydrogen (secondary N) is 1. The van der Waals surface area contributed by atoms with E-state index in [0.717, 1.165) is 17.8 Å². The Morgan fingerprint density at radius 1 is 1.30 bits per heavy atom. The molecular formula is C21H29N3O3. The summed E-state index contributed by atoms with van der Waals surface area (Å²) in [7, 11) is 1.64. The van der Waals surface area contributed by atoms with Crippen molar-refractivity contribution in [1.29, 1.82) is 0 Å². The maximum Gasteiger partial charge on any atom is 0.255 e. The lowest BCUT2D eigenvalue weighted by atomic mass is 9.76. The van der Waals surface area contributed by atoms with Crippen molar-refractivity contribution >= 4 is 17.6 Å². The van der Waals surface area contributed by atoms with Crippen LogP contribution in [0, 0.1) is 5.92 Å². The molecule has 1 aromatic carbocycles. The molecule has 146 valence electrons. The second kappa shape index (κ2) is 8.65. The summed E-state index contributed by atoms with van der Waals surface area (Å²) < 4.78 is 5.13. The van der Waals surface area contributed by atoms with Crippen molar-refractivity contribution in [1.82, 2.24) is 10.2 Å². The molecule has 0 bridgehead atoms. The van der Waals surface area contributed by atoms with E-state index in [1.165, 1.54) is 0 Å². The van der Waals surface area contributed by atoms with Crippen LogP contribution in [-0.4, -0.2) is 48.4 Å². The van der Waals surface area contributed by atoms with Gasteiger partial charge in [0.25, 0.3) is 5.91 Å². The minimum Gasteiger partial charge on any atom is -0.383 e. The number of benzene rings is 1. The van der Waals surface area contributed by atoms with Crippen LogP contribution in [0.1, 0.15) is 44.6 Å². The molecule has 0 saturated heterocycles. The summed E-state index contributed by atoms with van der Waals surface area (Å²) in [5.41, 5.74) is 0.435. The quantitative estimate of drug-likeness (QED) is 0.801. The summed E-state index contributed by atoms with van der Waals surface area (Å²) in [5, 5.41) is 3.03. The van der Waals surface area contributed by atoms with Crippen LogP contribution in [-0.2, 0) is 20.9 Å². The zero-order valence-electron chi connectivity index (χ0n) is 16.2. The van der Waals surface area contributed by atoms with Gasteiger partial charge in [-0.1, -0.05) is 37.3 Å². The van der Waals surface area contributed by atoms with Gasteiger partial charge in [-0.3, -0.25) is 19.5 Å². The first kappa shape index (κ1) is 19.5. The first-order valence-electron chi connectivity index (χ1n) is 9.81. The molecule has 6 nitrogen and oxygen atoms in total. The normalized spacial score (nSPS) is 25.0. The fraction of sp³-hybridized carbons (Fsp3) is 0.571. The number of amidine groups is 1. The minimum atomic E-state index is -0.657. The summed E-state index contributed by atoms with van der Waals surface area (Å²) in [4.78, 5) is 32.1. The third-order valence-electron chi connectivity index (χ3n) is 5.63. The van der Waals surface area contributed by atoms with E-state index in [4.69, 9.17) is 9.73 Å². The Labute approximate surface area is 161 Å². The highest BCUT2D eigenvalue weighted by Crippen LogP contribution is 2.40. The lowest BCUT2D eigenvalue weighted by Crippen LogP contribution is -2.47. The van der Waals surface area contributed by atoms with Crippen LogP contribution in [0.3, 0.4) is 0 Å². The van der Waals surface area contributed by atoms with Crippen molar-refractivity contribution in [3.05, 3.63) is 35.9 Å². The van der Waals surface area contributed by atoms with Gasteiger partial charge in [0.05, 0.1) is 13.2 Å². The van der Waals surface area contributed by atoms with Crippen molar-refractivity contribution in [2.45, 2.75) is 51.1 Å². The second-order valence-electron chi connectivity index (χ2n) is 7.34. The number of hydrogen-bond donors (Lipinski definition) is 1. The third-order valence-corrected chi connectivity index (χ3v) is 5.63. The number of rotatable bonds is 7. The zero-order valence-corrected chi connectivity index (χ0v) is 16.2. The number of ether oxygens (including phenoxy) is 1. The van der Waals surface area contributed by atoms with Gasteiger partial charge in [0.1, 0.15) is 11.4 Å². The van der Waals surface area contributed by atoms with Gasteiger partial charge in [-0.15, -0.1) is 0 Å². The highest BCUT2D eigenvalue weighted by atomic mass is 16.5. The number of carbonyl (C=O) groups is 2. The molecule has 1 aromatic rings. The minimum absolute atomic E-state index is 0.0413. The number of hydrogen-bond acceptors (Lipinski definition) is 4. The Bertz CT molecular complexity index is 694. The standard InChI is InChI=1S/C21H29N3O3/c1-3-18-23-21(20(26)24(18)13-14-27-2)11-9-17(10-12-21)19(25)22-15-16-7-5-4-6-8-16/h4-8,17H,3,9-15H2,1-2H3,(H,22,25).